The molecule has 1 amide bonds. The Morgan fingerprint density at radius 2 is 1.95 bits per heavy atom. The van der Waals surface area contributed by atoms with Gasteiger partial charge in [0.05, 0.1) is 17.4 Å². The quantitative estimate of drug-likeness (QED) is 0.795. The number of halogens is 3. The van der Waals surface area contributed by atoms with Gasteiger partial charge in [0.2, 0.25) is 0 Å². The van der Waals surface area contributed by atoms with Crippen molar-refractivity contribution in [3.8, 4) is 0 Å². The molecule has 1 aliphatic carbocycles. The highest BCUT2D eigenvalue weighted by atomic mass is 19.4. The minimum atomic E-state index is -4.46. The number of hydrogen-bond acceptors (Lipinski definition) is 3. The summed E-state index contributed by atoms with van der Waals surface area (Å²) >= 11 is 0. The summed E-state index contributed by atoms with van der Waals surface area (Å²) in [6.45, 7) is 0.326. The second-order valence-corrected chi connectivity index (χ2v) is 5.55. The predicted molar refractivity (Wildman–Crippen MR) is 74.7 cm³/mol. The molecule has 8 heteroatoms. The molecule has 0 spiro atoms. The second-order valence-electron chi connectivity index (χ2n) is 5.55. The Bertz CT molecular complexity index is 511. The van der Waals surface area contributed by atoms with Crippen LogP contribution in [-0.2, 0) is 6.18 Å². The van der Waals surface area contributed by atoms with E-state index in [9.17, 15) is 18.0 Å². The molecule has 1 aromatic heterocycles. The van der Waals surface area contributed by atoms with Crippen LogP contribution in [0.15, 0.2) is 18.3 Å². The van der Waals surface area contributed by atoms with Crippen LogP contribution < -0.4 is 10.6 Å². The third kappa shape index (κ3) is 4.25. The zero-order chi connectivity index (χ0) is 16.2. The van der Waals surface area contributed by atoms with Crippen molar-refractivity contribution in [3.05, 3.63) is 24.0 Å². The van der Waals surface area contributed by atoms with Crippen LogP contribution in [0.3, 0.4) is 0 Å². The number of rotatable bonds is 4. The van der Waals surface area contributed by atoms with E-state index in [2.05, 4.69) is 15.6 Å². The first-order valence-corrected chi connectivity index (χ1v) is 7.09. The Kier molecular flexibility index (Phi) is 4.77. The normalized spacial score (nSPS) is 17.8. The molecule has 2 rings (SSSR count). The fourth-order valence-electron chi connectivity index (χ4n) is 2.74. The van der Waals surface area contributed by atoms with Gasteiger partial charge in [0, 0.05) is 6.54 Å². The average molecular weight is 317 g/mol. The number of nitrogens with one attached hydrogen (secondary N) is 2. The molecule has 0 aromatic carbocycles. The molecule has 122 valence electrons. The largest absolute Gasteiger partial charge is 0.465 e. The summed E-state index contributed by atoms with van der Waals surface area (Å²) in [5.41, 5.74) is -1.09. The van der Waals surface area contributed by atoms with Crippen LogP contribution in [0.2, 0.25) is 0 Å². The SMILES string of the molecule is O=C(O)NC1(CNc2ccc(C(F)(F)F)nc2)CCCCC1. The molecular formula is C14H18F3N3O2. The van der Waals surface area contributed by atoms with Gasteiger partial charge in [-0.1, -0.05) is 19.3 Å². The van der Waals surface area contributed by atoms with E-state index in [4.69, 9.17) is 5.11 Å². The van der Waals surface area contributed by atoms with Crippen molar-refractivity contribution in [1.29, 1.82) is 0 Å². The Morgan fingerprint density at radius 1 is 1.27 bits per heavy atom. The first-order chi connectivity index (χ1) is 10.3. The monoisotopic (exact) mass is 317 g/mol. The Hall–Kier alpha value is -1.99. The highest BCUT2D eigenvalue weighted by molar-refractivity contribution is 5.66. The second kappa shape index (κ2) is 6.41. The summed E-state index contributed by atoms with van der Waals surface area (Å²) < 4.78 is 37.3. The zero-order valence-corrected chi connectivity index (χ0v) is 11.9. The van der Waals surface area contributed by atoms with Gasteiger partial charge < -0.3 is 15.7 Å². The highest BCUT2D eigenvalue weighted by Crippen LogP contribution is 2.30. The van der Waals surface area contributed by atoms with E-state index in [-0.39, 0.29) is 0 Å². The fraction of sp³-hybridized carbons (Fsp3) is 0.571. The van der Waals surface area contributed by atoms with E-state index in [0.717, 1.165) is 31.5 Å². The van der Waals surface area contributed by atoms with Crippen LogP contribution in [-0.4, -0.2) is 28.3 Å². The van der Waals surface area contributed by atoms with Gasteiger partial charge in [0.15, 0.2) is 0 Å². The lowest BCUT2D eigenvalue weighted by Gasteiger charge is -2.37. The van der Waals surface area contributed by atoms with Gasteiger partial charge in [-0.25, -0.2) is 9.78 Å². The van der Waals surface area contributed by atoms with Gasteiger partial charge >= 0.3 is 12.3 Å². The van der Waals surface area contributed by atoms with Crippen LogP contribution >= 0.6 is 0 Å². The molecule has 0 radical (unpaired) electrons. The third-order valence-corrected chi connectivity index (χ3v) is 3.87. The van der Waals surface area contributed by atoms with Gasteiger partial charge in [-0.15, -0.1) is 0 Å². The number of anilines is 1. The number of amides is 1. The predicted octanol–water partition coefficient (Wildman–Crippen LogP) is 3.48. The molecule has 1 aliphatic rings. The molecule has 1 fully saturated rings. The van der Waals surface area contributed by atoms with Crippen LogP contribution in [0.4, 0.5) is 23.7 Å². The summed E-state index contributed by atoms with van der Waals surface area (Å²) in [6, 6.07) is 2.20. The first kappa shape index (κ1) is 16.4. The number of hydrogen-bond donors (Lipinski definition) is 3. The van der Waals surface area contributed by atoms with Crippen LogP contribution in [0.5, 0.6) is 0 Å². The summed E-state index contributed by atoms with van der Waals surface area (Å²) in [4.78, 5) is 14.3. The molecule has 0 atom stereocenters. The topological polar surface area (TPSA) is 74.2 Å². The zero-order valence-electron chi connectivity index (χ0n) is 11.9. The van der Waals surface area contributed by atoms with Crippen LogP contribution in [0.25, 0.3) is 0 Å². The first-order valence-electron chi connectivity index (χ1n) is 7.09. The molecule has 0 bridgehead atoms. The van der Waals surface area contributed by atoms with Crippen molar-refractivity contribution in [2.45, 2.75) is 43.8 Å². The number of nitrogens with zero attached hydrogens (tertiary/aromatic N) is 1. The lowest BCUT2D eigenvalue weighted by Crippen LogP contribution is -2.53. The number of pyridine rings is 1. The van der Waals surface area contributed by atoms with Crippen molar-refractivity contribution < 1.29 is 23.1 Å². The fourth-order valence-corrected chi connectivity index (χ4v) is 2.74. The smallest absolute Gasteiger partial charge is 0.433 e. The van der Waals surface area contributed by atoms with E-state index in [1.807, 2.05) is 0 Å². The number of alkyl halides is 3. The molecule has 1 heterocycles. The van der Waals surface area contributed by atoms with Gasteiger partial charge in [0.1, 0.15) is 5.69 Å². The molecule has 0 unspecified atom stereocenters. The summed E-state index contributed by atoms with van der Waals surface area (Å²) in [5.74, 6) is 0. The summed E-state index contributed by atoms with van der Waals surface area (Å²) in [5, 5.41) is 14.5. The van der Waals surface area contributed by atoms with E-state index >= 15 is 0 Å². The molecular weight excluding hydrogens is 299 g/mol. The number of aromatic nitrogens is 1. The van der Waals surface area contributed by atoms with E-state index in [1.165, 1.54) is 6.07 Å². The standard InChI is InChI=1S/C14H18F3N3O2/c15-14(16,17)11-5-4-10(8-18-11)19-9-13(20-12(21)22)6-2-1-3-7-13/h4-5,8,19-20H,1-3,6-7,9H2,(H,21,22). The Labute approximate surface area is 125 Å². The molecule has 1 aromatic rings. The summed E-state index contributed by atoms with van der Waals surface area (Å²) in [6.07, 6.45) is -0.116. The minimum Gasteiger partial charge on any atom is -0.465 e. The summed E-state index contributed by atoms with van der Waals surface area (Å²) in [7, 11) is 0. The molecule has 1 saturated carbocycles. The van der Waals surface area contributed by atoms with Gasteiger partial charge in [-0.2, -0.15) is 13.2 Å². The van der Waals surface area contributed by atoms with Gasteiger partial charge in [-0.05, 0) is 25.0 Å². The Balaban J connectivity index is 2.01. The highest BCUT2D eigenvalue weighted by Gasteiger charge is 2.34. The molecule has 0 saturated heterocycles. The van der Waals surface area contributed by atoms with Gasteiger partial charge in [0.25, 0.3) is 0 Å². The maximum Gasteiger partial charge on any atom is 0.433 e. The van der Waals surface area contributed by atoms with E-state index in [1.54, 1.807) is 0 Å². The average Bonchev–Trinajstić information content (AvgIpc) is 2.45. The van der Waals surface area contributed by atoms with Crippen molar-refractivity contribution in [2.24, 2.45) is 0 Å². The van der Waals surface area contributed by atoms with Crippen molar-refractivity contribution in [1.82, 2.24) is 10.3 Å². The third-order valence-electron chi connectivity index (χ3n) is 3.87. The van der Waals surface area contributed by atoms with Crippen LogP contribution in [0.1, 0.15) is 37.8 Å². The van der Waals surface area contributed by atoms with Crippen LogP contribution in [0, 0.1) is 0 Å². The molecule has 0 aliphatic heterocycles. The Morgan fingerprint density at radius 3 is 2.45 bits per heavy atom. The molecule has 3 N–H and O–H groups in total. The minimum absolute atomic E-state index is 0.326. The molecule has 5 nitrogen and oxygen atoms in total. The maximum atomic E-state index is 12.4. The van der Waals surface area contributed by atoms with Crippen molar-refractivity contribution in [2.75, 3.05) is 11.9 Å². The number of carboxylic acid groups (broad SMARTS) is 1. The molecule has 22 heavy (non-hydrogen) atoms. The van der Waals surface area contributed by atoms with Gasteiger partial charge in [-0.3, -0.25) is 0 Å². The number of carbonyl (C=O) groups is 1. The van der Waals surface area contributed by atoms with E-state index < -0.39 is 23.5 Å². The van der Waals surface area contributed by atoms with E-state index in [0.29, 0.717) is 25.1 Å². The maximum absolute atomic E-state index is 12.4. The lowest BCUT2D eigenvalue weighted by molar-refractivity contribution is -0.141. The van der Waals surface area contributed by atoms with Crippen molar-refractivity contribution >= 4 is 11.8 Å². The lowest BCUT2D eigenvalue weighted by atomic mass is 9.81. The van der Waals surface area contributed by atoms with Crippen molar-refractivity contribution in [3.63, 3.8) is 0 Å².